The molecule has 0 radical (unpaired) electrons. The highest BCUT2D eigenvalue weighted by Gasteiger charge is 2.22. The number of hydrogen-bond acceptors (Lipinski definition) is 4. The van der Waals surface area contributed by atoms with Crippen LogP contribution in [0.3, 0.4) is 0 Å². The Labute approximate surface area is 113 Å². The zero-order chi connectivity index (χ0) is 13.8. The Morgan fingerprint density at radius 3 is 3.00 bits per heavy atom. The van der Waals surface area contributed by atoms with Crippen molar-refractivity contribution >= 4 is 11.7 Å². The summed E-state index contributed by atoms with van der Waals surface area (Å²) in [7, 11) is 2.14. The van der Waals surface area contributed by atoms with Crippen molar-refractivity contribution in [3.05, 3.63) is 24.0 Å². The van der Waals surface area contributed by atoms with Gasteiger partial charge in [0.2, 0.25) is 0 Å². The van der Waals surface area contributed by atoms with Gasteiger partial charge in [-0.05, 0) is 38.6 Å². The summed E-state index contributed by atoms with van der Waals surface area (Å²) in [6.45, 7) is 5.24. The van der Waals surface area contributed by atoms with Crippen molar-refractivity contribution in [2.75, 3.05) is 31.6 Å². The SMILES string of the molecule is CCC1CN(C)CCCN1c1ccnc(C(=O)O)c1. The van der Waals surface area contributed by atoms with Crippen molar-refractivity contribution in [1.82, 2.24) is 9.88 Å². The Hall–Kier alpha value is -1.62. The van der Waals surface area contributed by atoms with E-state index in [9.17, 15) is 4.79 Å². The zero-order valence-electron chi connectivity index (χ0n) is 11.5. The number of anilines is 1. The Kier molecular flexibility index (Phi) is 4.37. The lowest BCUT2D eigenvalue weighted by Crippen LogP contribution is -2.39. The standard InChI is InChI=1S/C14H21N3O2/c1-3-11-10-16(2)7-4-8-17(11)12-5-6-15-13(9-12)14(18)19/h5-6,9,11H,3-4,7-8,10H2,1-2H3,(H,18,19). The second-order valence-electron chi connectivity index (χ2n) is 5.08. The minimum atomic E-state index is -0.971. The smallest absolute Gasteiger partial charge is 0.354 e. The Morgan fingerprint density at radius 2 is 2.32 bits per heavy atom. The normalized spacial score (nSPS) is 21.2. The molecule has 0 aromatic carbocycles. The summed E-state index contributed by atoms with van der Waals surface area (Å²) in [5, 5.41) is 9.04. The van der Waals surface area contributed by atoms with Gasteiger partial charge in [-0.15, -0.1) is 0 Å². The van der Waals surface area contributed by atoms with E-state index in [4.69, 9.17) is 5.11 Å². The molecule has 5 heteroatoms. The first-order valence-electron chi connectivity index (χ1n) is 6.76. The van der Waals surface area contributed by atoms with Crippen LogP contribution in [0.15, 0.2) is 18.3 Å². The lowest BCUT2D eigenvalue weighted by atomic mass is 10.1. The van der Waals surface area contributed by atoms with Crippen LogP contribution < -0.4 is 4.90 Å². The van der Waals surface area contributed by atoms with E-state index in [1.807, 2.05) is 6.07 Å². The van der Waals surface area contributed by atoms with E-state index in [1.165, 1.54) is 0 Å². The van der Waals surface area contributed by atoms with E-state index in [0.717, 1.165) is 38.2 Å². The van der Waals surface area contributed by atoms with Gasteiger partial charge in [0.05, 0.1) is 0 Å². The molecule has 1 aliphatic rings. The summed E-state index contributed by atoms with van der Waals surface area (Å²) in [6.07, 6.45) is 3.73. The molecule has 0 aliphatic carbocycles. The number of aromatic carboxylic acids is 1. The maximum Gasteiger partial charge on any atom is 0.354 e. The lowest BCUT2D eigenvalue weighted by Gasteiger charge is -2.32. The summed E-state index contributed by atoms with van der Waals surface area (Å²) in [5.74, 6) is -0.971. The number of hydrogen-bond donors (Lipinski definition) is 1. The summed E-state index contributed by atoms with van der Waals surface area (Å²) in [5.41, 5.74) is 1.08. The fourth-order valence-electron chi connectivity index (χ4n) is 2.65. The van der Waals surface area contributed by atoms with Crippen molar-refractivity contribution in [3.8, 4) is 0 Å². The summed E-state index contributed by atoms with van der Waals surface area (Å²) in [4.78, 5) is 19.6. The van der Waals surface area contributed by atoms with E-state index in [0.29, 0.717) is 6.04 Å². The fourth-order valence-corrected chi connectivity index (χ4v) is 2.65. The molecule has 1 N–H and O–H groups in total. The number of nitrogens with zero attached hydrogens (tertiary/aromatic N) is 3. The van der Waals surface area contributed by atoms with Crippen molar-refractivity contribution in [1.29, 1.82) is 0 Å². The van der Waals surface area contributed by atoms with Crippen LogP contribution in [0.1, 0.15) is 30.3 Å². The number of carboxylic acid groups (broad SMARTS) is 1. The molecule has 1 aliphatic heterocycles. The van der Waals surface area contributed by atoms with Crippen LogP contribution in [0.4, 0.5) is 5.69 Å². The van der Waals surface area contributed by atoms with Crippen molar-refractivity contribution < 1.29 is 9.90 Å². The minimum Gasteiger partial charge on any atom is -0.477 e. The van der Waals surface area contributed by atoms with Gasteiger partial charge in [-0.2, -0.15) is 0 Å². The number of carbonyl (C=O) groups is 1. The highest BCUT2D eigenvalue weighted by molar-refractivity contribution is 5.86. The lowest BCUT2D eigenvalue weighted by molar-refractivity contribution is 0.0690. The van der Waals surface area contributed by atoms with E-state index in [-0.39, 0.29) is 5.69 Å². The molecule has 1 saturated heterocycles. The van der Waals surface area contributed by atoms with E-state index in [1.54, 1.807) is 12.3 Å². The number of pyridine rings is 1. The average Bonchev–Trinajstić information content (AvgIpc) is 2.60. The van der Waals surface area contributed by atoms with E-state index in [2.05, 4.69) is 28.8 Å². The van der Waals surface area contributed by atoms with Crippen LogP contribution in [0.2, 0.25) is 0 Å². The highest BCUT2D eigenvalue weighted by Crippen LogP contribution is 2.22. The summed E-state index contributed by atoms with van der Waals surface area (Å²) >= 11 is 0. The Bertz CT molecular complexity index is 450. The third-order valence-corrected chi connectivity index (χ3v) is 3.67. The number of likely N-dealkylation sites (N-methyl/N-ethyl adjacent to an activating group) is 1. The topological polar surface area (TPSA) is 56.7 Å². The molecular formula is C14H21N3O2. The van der Waals surface area contributed by atoms with E-state index >= 15 is 0 Å². The predicted molar refractivity (Wildman–Crippen MR) is 74.7 cm³/mol. The zero-order valence-corrected chi connectivity index (χ0v) is 11.5. The van der Waals surface area contributed by atoms with Gasteiger partial charge in [0.1, 0.15) is 5.69 Å². The second-order valence-corrected chi connectivity index (χ2v) is 5.08. The maximum atomic E-state index is 11.0. The molecule has 2 rings (SSSR count). The van der Waals surface area contributed by atoms with Crippen LogP contribution in [0, 0.1) is 0 Å². The average molecular weight is 263 g/mol. The minimum absolute atomic E-state index is 0.116. The van der Waals surface area contributed by atoms with Gasteiger partial charge in [-0.1, -0.05) is 6.92 Å². The number of aromatic nitrogens is 1. The van der Waals surface area contributed by atoms with Crippen LogP contribution in [-0.4, -0.2) is 53.7 Å². The van der Waals surface area contributed by atoms with Gasteiger partial charge in [-0.3, -0.25) is 0 Å². The molecule has 1 aromatic rings. The third kappa shape index (κ3) is 3.23. The van der Waals surface area contributed by atoms with Gasteiger partial charge in [0, 0.05) is 31.0 Å². The Morgan fingerprint density at radius 1 is 1.53 bits per heavy atom. The van der Waals surface area contributed by atoms with Crippen LogP contribution in [0.5, 0.6) is 0 Å². The fraction of sp³-hybridized carbons (Fsp3) is 0.571. The molecule has 1 fully saturated rings. The van der Waals surface area contributed by atoms with Gasteiger partial charge < -0.3 is 14.9 Å². The predicted octanol–water partition coefficient (Wildman–Crippen LogP) is 1.70. The summed E-state index contributed by atoms with van der Waals surface area (Å²) < 4.78 is 0. The molecule has 104 valence electrons. The Balaban J connectivity index is 2.27. The maximum absolute atomic E-state index is 11.0. The van der Waals surface area contributed by atoms with E-state index < -0.39 is 5.97 Å². The quantitative estimate of drug-likeness (QED) is 0.899. The van der Waals surface area contributed by atoms with Crippen molar-refractivity contribution in [2.45, 2.75) is 25.8 Å². The molecule has 1 aromatic heterocycles. The molecule has 5 nitrogen and oxygen atoms in total. The summed E-state index contributed by atoms with van der Waals surface area (Å²) in [6, 6.07) is 4.01. The monoisotopic (exact) mass is 263 g/mol. The first-order valence-corrected chi connectivity index (χ1v) is 6.76. The first kappa shape index (κ1) is 13.8. The molecule has 0 bridgehead atoms. The molecule has 0 saturated carbocycles. The van der Waals surface area contributed by atoms with Crippen LogP contribution in [-0.2, 0) is 0 Å². The number of carboxylic acids is 1. The van der Waals surface area contributed by atoms with Crippen LogP contribution >= 0.6 is 0 Å². The molecule has 0 spiro atoms. The first-order chi connectivity index (χ1) is 9.11. The number of rotatable bonds is 3. The highest BCUT2D eigenvalue weighted by atomic mass is 16.4. The van der Waals surface area contributed by atoms with Gasteiger partial charge in [0.15, 0.2) is 0 Å². The van der Waals surface area contributed by atoms with Crippen molar-refractivity contribution in [3.63, 3.8) is 0 Å². The van der Waals surface area contributed by atoms with Crippen molar-refractivity contribution in [2.24, 2.45) is 0 Å². The third-order valence-electron chi connectivity index (χ3n) is 3.67. The molecular weight excluding hydrogens is 242 g/mol. The molecule has 1 atom stereocenters. The van der Waals surface area contributed by atoms with Gasteiger partial charge >= 0.3 is 5.97 Å². The molecule has 2 heterocycles. The molecule has 1 unspecified atom stereocenters. The largest absolute Gasteiger partial charge is 0.477 e. The van der Waals surface area contributed by atoms with Crippen LogP contribution in [0.25, 0.3) is 0 Å². The second kappa shape index (κ2) is 6.02. The molecule has 0 amide bonds. The van der Waals surface area contributed by atoms with Gasteiger partial charge in [-0.25, -0.2) is 9.78 Å². The van der Waals surface area contributed by atoms with Gasteiger partial charge in [0.25, 0.3) is 0 Å². The molecule has 19 heavy (non-hydrogen) atoms.